The minimum Gasteiger partial charge on any atom is -0.371 e. The number of anilines is 1. The number of aryl methyl sites for hydroxylation is 1. The molecule has 1 aromatic heterocycles. The highest BCUT2D eigenvalue weighted by molar-refractivity contribution is 5.93. The fraction of sp³-hybridized carbons (Fsp3) is 0.438. The average Bonchev–Trinajstić information content (AvgIpc) is 2.95. The van der Waals surface area contributed by atoms with Gasteiger partial charge in [-0.1, -0.05) is 0 Å². The predicted molar refractivity (Wildman–Crippen MR) is 87.1 cm³/mol. The van der Waals surface area contributed by atoms with Crippen LogP contribution in [0.3, 0.4) is 0 Å². The monoisotopic (exact) mass is 300 g/mol. The molecule has 22 heavy (non-hydrogen) atoms. The minimum atomic E-state index is -0.363. The normalized spacial score (nSPS) is 19.6. The van der Waals surface area contributed by atoms with Crippen LogP contribution in [0.25, 0.3) is 10.9 Å². The molecule has 1 aromatic carbocycles. The fourth-order valence-electron chi connectivity index (χ4n) is 3.14. The number of hydrogen-bond acceptors (Lipinski definition) is 5. The topological polar surface area (TPSA) is 85.3 Å². The molecule has 0 amide bonds. The Morgan fingerprint density at radius 1 is 1.45 bits per heavy atom. The van der Waals surface area contributed by atoms with Gasteiger partial charge in [0.2, 0.25) is 0 Å². The number of nitro benzene ring substituents is 1. The first kappa shape index (κ1) is 14.7. The Balaban J connectivity index is 2.08. The molecule has 0 spiro atoms. The molecule has 2 aromatic rings. The molecule has 0 radical (unpaired) electrons. The molecular formula is C16H20N4O2. The van der Waals surface area contributed by atoms with E-state index < -0.39 is 0 Å². The van der Waals surface area contributed by atoms with E-state index in [1.54, 1.807) is 12.1 Å². The van der Waals surface area contributed by atoms with Crippen molar-refractivity contribution >= 4 is 22.3 Å². The predicted octanol–water partition coefficient (Wildman–Crippen LogP) is 2.62. The molecule has 1 fully saturated rings. The van der Waals surface area contributed by atoms with Crippen molar-refractivity contribution in [3.05, 3.63) is 40.1 Å². The van der Waals surface area contributed by atoms with E-state index in [1.807, 2.05) is 19.9 Å². The third kappa shape index (κ3) is 2.62. The highest BCUT2D eigenvalue weighted by Crippen LogP contribution is 2.33. The van der Waals surface area contributed by atoms with E-state index in [9.17, 15) is 10.1 Å². The van der Waals surface area contributed by atoms with Crippen molar-refractivity contribution in [1.29, 1.82) is 0 Å². The first-order valence-corrected chi connectivity index (χ1v) is 7.52. The summed E-state index contributed by atoms with van der Waals surface area (Å²) in [5.74, 6) is 0.460. The molecule has 2 heterocycles. The quantitative estimate of drug-likeness (QED) is 0.695. The molecule has 2 unspecified atom stereocenters. The van der Waals surface area contributed by atoms with E-state index in [2.05, 4.69) is 9.88 Å². The lowest BCUT2D eigenvalue weighted by Gasteiger charge is -2.22. The highest BCUT2D eigenvalue weighted by Gasteiger charge is 2.27. The van der Waals surface area contributed by atoms with Crippen LogP contribution < -0.4 is 10.6 Å². The molecule has 116 valence electrons. The van der Waals surface area contributed by atoms with Crippen LogP contribution in [0, 0.1) is 23.0 Å². The number of nitrogens with two attached hydrogens (primary N) is 1. The zero-order valence-corrected chi connectivity index (χ0v) is 12.8. The second-order valence-corrected chi connectivity index (χ2v) is 6.10. The van der Waals surface area contributed by atoms with Crippen molar-refractivity contribution in [3.63, 3.8) is 0 Å². The van der Waals surface area contributed by atoms with Crippen molar-refractivity contribution in [1.82, 2.24) is 4.98 Å². The second-order valence-electron chi connectivity index (χ2n) is 6.10. The molecule has 0 bridgehead atoms. The van der Waals surface area contributed by atoms with Gasteiger partial charge in [0.1, 0.15) is 0 Å². The first-order chi connectivity index (χ1) is 10.5. The Labute approximate surface area is 129 Å². The van der Waals surface area contributed by atoms with Crippen LogP contribution in [0.5, 0.6) is 0 Å². The van der Waals surface area contributed by atoms with E-state index in [1.165, 1.54) is 6.07 Å². The first-order valence-electron chi connectivity index (χ1n) is 7.52. The number of pyridine rings is 1. The maximum absolute atomic E-state index is 11.0. The number of nitro groups is 1. The number of rotatable bonds is 3. The molecular weight excluding hydrogens is 280 g/mol. The number of non-ortho nitro benzene ring substituents is 1. The lowest BCUT2D eigenvalue weighted by molar-refractivity contribution is -0.384. The number of benzene rings is 1. The van der Waals surface area contributed by atoms with E-state index in [0.717, 1.165) is 41.8 Å². The van der Waals surface area contributed by atoms with Gasteiger partial charge in [-0.15, -0.1) is 0 Å². The zero-order chi connectivity index (χ0) is 15.9. The van der Waals surface area contributed by atoms with Gasteiger partial charge in [0.25, 0.3) is 5.69 Å². The van der Waals surface area contributed by atoms with E-state index in [4.69, 9.17) is 5.73 Å². The molecule has 0 aliphatic carbocycles. The van der Waals surface area contributed by atoms with Crippen molar-refractivity contribution in [2.45, 2.75) is 26.3 Å². The van der Waals surface area contributed by atoms with Gasteiger partial charge in [-0.05, 0) is 38.3 Å². The van der Waals surface area contributed by atoms with Gasteiger partial charge < -0.3 is 10.6 Å². The number of nitrogens with zero attached hydrogens (tertiary/aromatic N) is 3. The van der Waals surface area contributed by atoms with Gasteiger partial charge in [0, 0.05) is 48.0 Å². The number of aromatic nitrogens is 1. The molecule has 2 N–H and O–H groups in total. The summed E-state index contributed by atoms with van der Waals surface area (Å²) >= 11 is 0. The largest absolute Gasteiger partial charge is 0.371 e. The summed E-state index contributed by atoms with van der Waals surface area (Å²) in [5.41, 5.74) is 8.85. The summed E-state index contributed by atoms with van der Waals surface area (Å²) in [5, 5.41) is 11.9. The van der Waals surface area contributed by atoms with E-state index in [0.29, 0.717) is 5.92 Å². The molecule has 1 aliphatic heterocycles. The maximum atomic E-state index is 11.0. The summed E-state index contributed by atoms with van der Waals surface area (Å²) < 4.78 is 0. The summed E-state index contributed by atoms with van der Waals surface area (Å²) in [6.45, 7) is 5.80. The average molecular weight is 300 g/mol. The minimum absolute atomic E-state index is 0.0994. The van der Waals surface area contributed by atoms with Crippen LogP contribution in [0.15, 0.2) is 24.3 Å². The Bertz CT molecular complexity index is 729. The Morgan fingerprint density at radius 2 is 2.23 bits per heavy atom. The molecule has 6 nitrogen and oxygen atoms in total. The molecule has 1 saturated heterocycles. The maximum Gasteiger partial charge on any atom is 0.270 e. The van der Waals surface area contributed by atoms with E-state index in [-0.39, 0.29) is 16.7 Å². The Kier molecular flexibility index (Phi) is 3.70. The summed E-state index contributed by atoms with van der Waals surface area (Å²) in [6, 6.07) is 7.02. The van der Waals surface area contributed by atoms with Crippen LogP contribution in [0.2, 0.25) is 0 Å². The van der Waals surface area contributed by atoms with Gasteiger partial charge in [0.15, 0.2) is 0 Å². The van der Waals surface area contributed by atoms with Gasteiger partial charge in [-0.25, -0.2) is 0 Å². The molecule has 3 rings (SSSR count). The lowest BCUT2D eigenvalue weighted by Crippen LogP contribution is -2.29. The lowest BCUT2D eigenvalue weighted by atomic mass is 10.0. The van der Waals surface area contributed by atoms with Crippen LogP contribution in [0.4, 0.5) is 11.4 Å². The van der Waals surface area contributed by atoms with Crippen LogP contribution >= 0.6 is 0 Å². The molecule has 1 aliphatic rings. The van der Waals surface area contributed by atoms with Crippen molar-refractivity contribution in [2.24, 2.45) is 11.7 Å². The van der Waals surface area contributed by atoms with Crippen LogP contribution in [0.1, 0.15) is 19.0 Å². The third-order valence-electron chi connectivity index (χ3n) is 4.42. The molecule has 0 saturated carbocycles. The second kappa shape index (κ2) is 5.53. The Hall–Kier alpha value is -2.21. The van der Waals surface area contributed by atoms with Crippen LogP contribution in [-0.4, -0.2) is 29.0 Å². The summed E-state index contributed by atoms with van der Waals surface area (Å²) in [4.78, 5) is 17.4. The van der Waals surface area contributed by atoms with E-state index >= 15 is 0 Å². The van der Waals surface area contributed by atoms with Gasteiger partial charge in [-0.3, -0.25) is 15.1 Å². The number of fused-ring (bicyclic) bond motifs is 1. The Morgan fingerprint density at radius 3 is 2.86 bits per heavy atom. The fourth-order valence-corrected chi connectivity index (χ4v) is 3.14. The third-order valence-corrected chi connectivity index (χ3v) is 4.42. The van der Waals surface area contributed by atoms with Gasteiger partial charge in [0.05, 0.1) is 10.4 Å². The summed E-state index contributed by atoms with van der Waals surface area (Å²) in [6.07, 6.45) is 1.05. The SMILES string of the molecule is Cc1cc(N2CCC(C(C)N)C2)c2cc([N+](=O)[O-])ccc2n1. The standard InChI is InChI=1S/C16H20N4O2/c1-10-7-16(19-6-5-12(9-19)11(2)17)14-8-13(20(21)22)3-4-15(14)18-10/h3-4,7-8,11-12H,5-6,9,17H2,1-2H3. The number of hydrogen-bond donors (Lipinski definition) is 1. The molecule has 6 heteroatoms. The molecule has 2 atom stereocenters. The van der Waals surface area contributed by atoms with Gasteiger partial charge in [-0.2, -0.15) is 0 Å². The zero-order valence-electron chi connectivity index (χ0n) is 12.8. The van der Waals surface area contributed by atoms with Crippen molar-refractivity contribution < 1.29 is 4.92 Å². The van der Waals surface area contributed by atoms with Gasteiger partial charge >= 0.3 is 0 Å². The van der Waals surface area contributed by atoms with Crippen LogP contribution in [-0.2, 0) is 0 Å². The smallest absolute Gasteiger partial charge is 0.270 e. The van der Waals surface area contributed by atoms with Crippen molar-refractivity contribution in [3.8, 4) is 0 Å². The highest BCUT2D eigenvalue weighted by atomic mass is 16.6. The van der Waals surface area contributed by atoms with Crippen molar-refractivity contribution in [2.75, 3.05) is 18.0 Å². The summed E-state index contributed by atoms with van der Waals surface area (Å²) in [7, 11) is 0.